The average molecular weight is 558 g/mol. The van der Waals surface area contributed by atoms with Gasteiger partial charge in [-0.15, -0.1) is 5.10 Å². The zero-order valence-electron chi connectivity index (χ0n) is 24.0. The number of pyridine rings is 1. The van der Waals surface area contributed by atoms with Crippen LogP contribution < -0.4 is 9.47 Å². The molecular formula is C29H35N9O3. The summed E-state index contributed by atoms with van der Waals surface area (Å²) < 4.78 is 16.0. The third-order valence-electron chi connectivity index (χ3n) is 7.78. The van der Waals surface area contributed by atoms with Crippen molar-refractivity contribution in [1.82, 2.24) is 39.6 Å². The van der Waals surface area contributed by atoms with Crippen molar-refractivity contribution in [3.63, 3.8) is 0 Å². The topological polar surface area (TPSA) is 143 Å². The molecule has 0 amide bonds. The maximum atomic E-state index is 10.1. The Hall–Kier alpha value is -4.21. The van der Waals surface area contributed by atoms with E-state index < -0.39 is 0 Å². The summed E-state index contributed by atoms with van der Waals surface area (Å²) in [7, 11) is 1.90. The average Bonchev–Trinajstić information content (AvgIpc) is 3.54. The first-order valence-corrected chi connectivity index (χ1v) is 14.0. The van der Waals surface area contributed by atoms with Crippen molar-refractivity contribution < 1.29 is 14.6 Å². The van der Waals surface area contributed by atoms with Crippen LogP contribution in [0.3, 0.4) is 0 Å². The van der Waals surface area contributed by atoms with Gasteiger partial charge in [0.25, 0.3) is 0 Å². The van der Waals surface area contributed by atoms with Crippen LogP contribution >= 0.6 is 0 Å². The molecule has 214 valence electrons. The number of nitrogens with zero attached hydrogens (tertiary/aromatic N) is 8. The fourth-order valence-electron chi connectivity index (χ4n) is 5.64. The number of rotatable bonds is 5. The molecule has 2 aliphatic rings. The monoisotopic (exact) mass is 557 g/mol. The van der Waals surface area contributed by atoms with Gasteiger partial charge in [0.05, 0.1) is 52.2 Å². The van der Waals surface area contributed by atoms with Crippen LogP contribution in [0.4, 0.5) is 0 Å². The number of fused-ring (bicyclic) bond motifs is 4. The van der Waals surface area contributed by atoms with Gasteiger partial charge in [0, 0.05) is 31.6 Å². The molecule has 0 spiro atoms. The number of hydrogen-bond donors (Lipinski definition) is 2. The molecule has 1 fully saturated rings. The molecule has 1 aliphatic heterocycles. The van der Waals surface area contributed by atoms with Crippen LogP contribution in [-0.2, 0) is 13.6 Å². The fourth-order valence-corrected chi connectivity index (χ4v) is 5.64. The Morgan fingerprint density at radius 2 is 2.05 bits per heavy atom. The highest BCUT2D eigenvalue weighted by Crippen LogP contribution is 2.37. The zero-order chi connectivity index (χ0) is 28.8. The third kappa shape index (κ3) is 4.96. The number of H-pyrrole nitrogens is 1. The second-order valence-corrected chi connectivity index (χ2v) is 11.0. The molecule has 2 bridgehead atoms. The van der Waals surface area contributed by atoms with E-state index in [-0.39, 0.29) is 25.4 Å². The molecule has 41 heavy (non-hydrogen) atoms. The summed E-state index contributed by atoms with van der Waals surface area (Å²) in [6.07, 6.45) is 5.99. The lowest BCUT2D eigenvalue weighted by Gasteiger charge is -2.27. The van der Waals surface area contributed by atoms with Crippen LogP contribution in [-0.4, -0.2) is 76.7 Å². The van der Waals surface area contributed by atoms with Crippen molar-refractivity contribution in [2.75, 3.05) is 19.8 Å². The first-order chi connectivity index (χ1) is 19.8. The Balaban J connectivity index is 1.57. The Kier molecular flexibility index (Phi) is 7.01. The Morgan fingerprint density at radius 3 is 2.78 bits per heavy atom. The lowest BCUT2D eigenvalue weighted by molar-refractivity contribution is 0.124. The molecule has 4 aromatic heterocycles. The minimum absolute atomic E-state index is 0.0820. The van der Waals surface area contributed by atoms with Crippen molar-refractivity contribution >= 4 is 23.1 Å². The van der Waals surface area contributed by atoms with E-state index in [0.29, 0.717) is 30.9 Å². The van der Waals surface area contributed by atoms with Crippen molar-refractivity contribution in [3.8, 4) is 29.1 Å². The number of nitriles is 1. The van der Waals surface area contributed by atoms with Gasteiger partial charge in [0.1, 0.15) is 17.7 Å². The number of aromatic amines is 1. The highest BCUT2D eigenvalue weighted by Gasteiger charge is 2.34. The number of aliphatic hydroxyl groups excluding tert-OH is 1. The highest BCUT2D eigenvalue weighted by atomic mass is 16.5. The summed E-state index contributed by atoms with van der Waals surface area (Å²) in [5.74, 6) is 1.04. The summed E-state index contributed by atoms with van der Waals surface area (Å²) >= 11 is 0. The molecule has 0 saturated heterocycles. The molecule has 1 saturated carbocycles. The standard InChI is InChI=1S/C29H35N9O3/c1-16(15-39)38-25-14-37(20-6-7-20)13-17(2)41-29-26(18(3)34-36(29)5)24-12-22-23(32-33-27(22)19(4)31-24)9-8-21(25)28(35-38)40-11-10-30/h8-9,12,16-17,20,39H,6-7,11,13-15H2,1-5H3,(H,32,33)/b9-8+/t16-,17?/m0/s1. The summed E-state index contributed by atoms with van der Waals surface area (Å²) in [4.78, 5) is 7.31. The summed E-state index contributed by atoms with van der Waals surface area (Å²) in [6.45, 7) is 8.96. The molecule has 0 aromatic carbocycles. The van der Waals surface area contributed by atoms with Gasteiger partial charge in [-0.25, -0.2) is 4.68 Å². The summed E-state index contributed by atoms with van der Waals surface area (Å²) in [6, 6.07) is 4.21. The minimum atomic E-state index is -0.280. The number of aromatic nitrogens is 7. The number of hydrogen-bond acceptors (Lipinski definition) is 9. The second-order valence-electron chi connectivity index (χ2n) is 11.0. The molecule has 5 heterocycles. The molecule has 2 N–H and O–H groups in total. The van der Waals surface area contributed by atoms with E-state index >= 15 is 0 Å². The van der Waals surface area contributed by atoms with E-state index in [1.54, 1.807) is 4.68 Å². The minimum Gasteiger partial charge on any atom is -0.473 e. The predicted molar refractivity (Wildman–Crippen MR) is 153 cm³/mol. The molecular weight excluding hydrogens is 522 g/mol. The van der Waals surface area contributed by atoms with Crippen LogP contribution in [0.15, 0.2) is 6.07 Å². The van der Waals surface area contributed by atoms with Crippen LogP contribution in [0.5, 0.6) is 11.8 Å². The number of aliphatic hydroxyl groups is 1. The highest BCUT2D eigenvalue weighted by molar-refractivity contribution is 5.93. The van der Waals surface area contributed by atoms with Crippen LogP contribution in [0.2, 0.25) is 0 Å². The molecule has 6 rings (SSSR count). The fraction of sp³-hybridized carbons (Fsp3) is 0.483. The van der Waals surface area contributed by atoms with E-state index in [1.165, 1.54) is 0 Å². The van der Waals surface area contributed by atoms with Crippen molar-refractivity contribution in [2.24, 2.45) is 7.05 Å². The zero-order valence-corrected chi connectivity index (χ0v) is 24.0. The van der Waals surface area contributed by atoms with E-state index in [0.717, 1.165) is 63.3 Å². The molecule has 12 nitrogen and oxygen atoms in total. The largest absolute Gasteiger partial charge is 0.473 e. The second kappa shape index (κ2) is 10.6. The van der Waals surface area contributed by atoms with E-state index in [4.69, 9.17) is 19.6 Å². The van der Waals surface area contributed by atoms with Gasteiger partial charge in [-0.3, -0.25) is 19.7 Å². The molecule has 1 aliphatic carbocycles. The maximum absolute atomic E-state index is 10.1. The normalized spacial score (nSPS) is 19.1. The van der Waals surface area contributed by atoms with E-state index in [2.05, 4.69) is 27.1 Å². The molecule has 0 radical (unpaired) electrons. The molecule has 4 aromatic rings. The first-order valence-electron chi connectivity index (χ1n) is 14.0. The smallest absolute Gasteiger partial charge is 0.241 e. The van der Waals surface area contributed by atoms with Crippen molar-refractivity contribution in [2.45, 2.75) is 65.3 Å². The SMILES string of the molecule is Cc1nn(C)c2c1-c1cc3c([nH]nc3c(C)n1)/C=C/c1c(OCC#N)nn([C@@H](C)CO)c1CN(C1CC1)CC(C)O2. The summed E-state index contributed by atoms with van der Waals surface area (Å²) in [5.41, 5.74) is 6.54. The molecule has 12 heteroatoms. The van der Waals surface area contributed by atoms with Gasteiger partial charge < -0.3 is 14.6 Å². The predicted octanol–water partition coefficient (Wildman–Crippen LogP) is 3.54. The number of nitrogens with one attached hydrogen (secondary N) is 1. The van der Waals surface area contributed by atoms with Crippen LogP contribution in [0.1, 0.15) is 61.1 Å². The van der Waals surface area contributed by atoms with Gasteiger partial charge in [-0.05, 0) is 58.8 Å². The van der Waals surface area contributed by atoms with Gasteiger partial charge in [0.2, 0.25) is 11.8 Å². The van der Waals surface area contributed by atoms with E-state index in [9.17, 15) is 10.4 Å². The Labute approximate surface area is 238 Å². The van der Waals surface area contributed by atoms with Gasteiger partial charge in [0.15, 0.2) is 6.61 Å². The van der Waals surface area contributed by atoms with Crippen LogP contribution in [0, 0.1) is 25.2 Å². The molecule has 1 unspecified atom stereocenters. The first kappa shape index (κ1) is 27.0. The van der Waals surface area contributed by atoms with Crippen LogP contribution in [0.25, 0.3) is 34.3 Å². The molecule has 2 atom stereocenters. The van der Waals surface area contributed by atoms with E-state index in [1.807, 2.05) is 56.8 Å². The maximum Gasteiger partial charge on any atom is 0.241 e. The Bertz CT molecular complexity index is 1670. The third-order valence-corrected chi connectivity index (χ3v) is 7.78. The Morgan fingerprint density at radius 1 is 1.24 bits per heavy atom. The van der Waals surface area contributed by atoms with Crippen molar-refractivity contribution in [3.05, 3.63) is 34.4 Å². The lowest BCUT2D eigenvalue weighted by Crippen LogP contribution is -2.36. The van der Waals surface area contributed by atoms with Gasteiger partial charge >= 0.3 is 0 Å². The number of aryl methyl sites for hydroxylation is 3. The number of ether oxygens (including phenoxy) is 2. The van der Waals surface area contributed by atoms with Crippen molar-refractivity contribution in [1.29, 1.82) is 5.26 Å². The van der Waals surface area contributed by atoms with Gasteiger partial charge in [-0.2, -0.15) is 15.5 Å². The lowest BCUT2D eigenvalue weighted by atomic mass is 10.1. The summed E-state index contributed by atoms with van der Waals surface area (Å²) in [5, 5.41) is 37.4. The van der Waals surface area contributed by atoms with Gasteiger partial charge in [-0.1, -0.05) is 0 Å². The quantitative estimate of drug-likeness (QED) is 0.377.